The van der Waals surface area contributed by atoms with Crippen molar-refractivity contribution < 1.29 is 135 Å². The Hall–Kier alpha value is -11.8. The molecule has 3 aliphatic carbocycles. The number of carbonyl (C=O) groups is 18. The Morgan fingerprint density at radius 1 is 0.613 bits per heavy atom. The fourth-order valence-electron chi connectivity index (χ4n) is 18.1. The molecule has 6 amide bonds. The number of fused-ring (bicyclic) bond motifs is 5. The molecule has 1 saturated heterocycles. The highest BCUT2D eigenvalue weighted by atomic mass is 33.1. The van der Waals surface area contributed by atoms with Crippen LogP contribution in [-0.4, -0.2) is 248 Å². The summed E-state index contributed by atoms with van der Waals surface area (Å²) in [4.78, 5) is 250. The number of amidine groups is 1. The average molecular weight is 1950 g/mol. The van der Waals surface area contributed by atoms with Crippen LogP contribution >= 0.6 is 21.6 Å². The molecular weight excluding hydrogens is 1820 g/mol. The molecule has 3 aromatic rings. The summed E-state index contributed by atoms with van der Waals surface area (Å²) in [5.74, 6) is -23.5. The summed E-state index contributed by atoms with van der Waals surface area (Å²) >= 11 is 0. The summed E-state index contributed by atoms with van der Waals surface area (Å²) in [5.41, 5.74) is -2.80. The Bertz CT molecular complexity index is 4940. The number of rotatable bonds is 53. The minimum atomic E-state index is -2.58. The molecule has 1 aliphatic heterocycles. The lowest BCUT2D eigenvalue weighted by atomic mass is 9.44. The van der Waals surface area contributed by atoms with E-state index in [1.54, 1.807) is 108 Å². The van der Waals surface area contributed by atoms with Crippen LogP contribution in [0.25, 0.3) is 0 Å². The van der Waals surface area contributed by atoms with Gasteiger partial charge in [-0.3, -0.25) is 82.7 Å². The van der Waals surface area contributed by atoms with Gasteiger partial charge in [-0.2, -0.15) is 0 Å². The summed E-state index contributed by atoms with van der Waals surface area (Å²) in [7, 11) is 2.32. The van der Waals surface area contributed by atoms with Crippen molar-refractivity contribution in [2.45, 2.75) is 265 Å². The molecule has 16 N–H and O–H groups in total. The number of amides is 6. The molecule has 0 radical (unpaired) electrons. The number of carbonyl (C=O) groups excluding carboxylic acids is 16. The molecule has 18 atom stereocenters. The minimum absolute atomic E-state index is 0.0196. The van der Waals surface area contributed by atoms with Gasteiger partial charge in [0.1, 0.15) is 36.0 Å². The number of aliphatic hydroxyl groups excluding tert-OH is 1. The Morgan fingerprint density at radius 3 is 1.77 bits per heavy atom. The van der Waals surface area contributed by atoms with E-state index in [0.717, 1.165) is 24.6 Å². The van der Waals surface area contributed by atoms with E-state index in [-0.39, 0.29) is 103 Å². The van der Waals surface area contributed by atoms with Crippen LogP contribution in [0.1, 0.15) is 219 Å². The number of ether oxygens (including phenoxy) is 6. The van der Waals surface area contributed by atoms with Crippen LogP contribution in [0.2, 0.25) is 0 Å². The molecule has 41 heteroatoms. The van der Waals surface area contributed by atoms with Crippen molar-refractivity contribution in [1.29, 1.82) is 10.8 Å². The number of esters is 5. The number of carboxylic acid groups (broad SMARTS) is 2. The smallest absolute Gasteiger partial charge is 0.350 e. The van der Waals surface area contributed by atoms with Gasteiger partial charge in [0.25, 0.3) is 5.91 Å². The van der Waals surface area contributed by atoms with E-state index in [9.17, 15) is 97.1 Å². The predicted octanol–water partition coefficient (Wildman–Crippen LogP) is 5.76. The monoisotopic (exact) mass is 1950 g/mol. The number of nitrogens with one attached hydrogen (secondary N) is 10. The lowest BCUT2D eigenvalue weighted by Crippen LogP contribution is -2.82. The van der Waals surface area contributed by atoms with Crippen LogP contribution < -0.4 is 48.3 Å². The molecule has 3 fully saturated rings. The third-order valence-corrected chi connectivity index (χ3v) is 28.0. The first-order valence-corrected chi connectivity index (χ1v) is 48.2. The van der Waals surface area contributed by atoms with Crippen molar-refractivity contribution in [1.82, 2.24) is 42.5 Å². The normalized spacial score (nSPS) is 22.1. The highest BCUT2D eigenvalue weighted by molar-refractivity contribution is 8.76. The average Bonchev–Trinajstić information content (AvgIpc) is 0.666. The van der Waals surface area contributed by atoms with Crippen LogP contribution in [0, 0.1) is 63.1 Å². The highest BCUT2D eigenvalue weighted by Crippen LogP contribution is 2.65. The molecule has 750 valence electrons. The van der Waals surface area contributed by atoms with Crippen LogP contribution in [0.15, 0.2) is 102 Å². The van der Waals surface area contributed by atoms with Gasteiger partial charge in [0.15, 0.2) is 46.6 Å². The largest absolute Gasteiger partial charge is 0.481 e. The third-order valence-electron chi connectivity index (χ3n) is 25.5. The van der Waals surface area contributed by atoms with Crippen LogP contribution in [0.5, 0.6) is 0 Å². The third kappa shape index (κ3) is 30.1. The standard InChI is InChI=1S/C96H131N11O28S2/c1-50(2)64(88(124)106-78(52(5)6)68(113)42-61(33-24-39-101-92(98)99)85(121)102-47-63(111)41-62(43-74(117)118)87(123)104-65(89(125)126)34-25-38-100-54(8)97)44-69(114)77(51(3)4)105-73(116)37-36-67(112)66(103-55(9)108)48-137-136-40-26-35-75(119)133-81(79(58-27-18-15-19-28-58)107-86(122)59-29-20-16-21-30-59)91(128)132-70-46-96(129)84(134-90(127)60-31-22-17-23-32-60)82-94(14,71(115)45-72-95(82,49-130-72)135-57(11)110)83(120)80(131-56(10)109)76(53(70)7)93(96,12)13/h15-23,27-32,50-52,61-62,64-66,70-72,77-82,84,115,129H,24-26,33-49H2,1-14H3,(H2,97,100)(H,102,121)(H,103,108)(H,104,123)(H,105,116)(H,106,124)(H,107,122)(H,117,118)(H,125,126)(H4,98,99,101)/t61-,62+,64?,65+,66+,70+,71+,72-,77+,78+,79+,80-,81-,82+,84+,94-,95+,96-/m1/s1. The maximum atomic E-state index is 16.0. The Morgan fingerprint density at radius 2 is 1.21 bits per heavy atom. The zero-order chi connectivity index (χ0) is 102. The lowest BCUT2D eigenvalue weighted by molar-refractivity contribution is -0.346. The van der Waals surface area contributed by atoms with E-state index in [2.05, 4.69) is 42.5 Å². The van der Waals surface area contributed by atoms with E-state index >= 15 is 9.59 Å². The van der Waals surface area contributed by atoms with Gasteiger partial charge >= 0.3 is 41.8 Å². The van der Waals surface area contributed by atoms with Crippen LogP contribution in [0.3, 0.4) is 0 Å². The number of aliphatic carboxylic acids is 2. The van der Waals surface area contributed by atoms with Gasteiger partial charge in [-0.1, -0.05) is 144 Å². The SMILES string of the molecule is CC(=N)NCCC[C@H](NC(=O)[C@H](CC(=O)O)CC(=O)CNC(=O)[C@H](CCCNC(=N)N)CC(=O)[C@@H](NC(=O)C(CC(=O)[C@@H](NC(=O)CCC(=O)[C@H](CSSCCCC(=O)O[C@@H](C(=O)O[C@H]1C[C@@]2(O)[C@@H](OC(=O)c3ccccc3)[C@@H]3[C@]4(OC(C)=O)CO[C@@H]4C[C@H](O)[C@@]3(C)C(=O)[C@H](OC(C)=O)C(=C1C)C2(C)C)[C@@H](NC(=O)c1ccccc1)c1ccccc1)NC(C)=O)C(C)C)C(C)C)C(C)C)C(=O)O. The highest BCUT2D eigenvalue weighted by Gasteiger charge is 2.78. The maximum absolute atomic E-state index is 16.0. The molecule has 3 aromatic carbocycles. The molecule has 2 bridgehead atoms. The van der Waals surface area contributed by atoms with Crippen molar-refractivity contribution in [2.75, 3.05) is 37.7 Å². The number of aliphatic hydroxyl groups is 2. The number of hydrogen-bond donors (Lipinski definition) is 15. The second-order valence-electron chi connectivity index (χ2n) is 37.0. The minimum Gasteiger partial charge on any atom is -0.481 e. The van der Waals surface area contributed by atoms with Gasteiger partial charge in [-0.05, 0) is 112 Å². The molecule has 0 aromatic heterocycles. The van der Waals surface area contributed by atoms with Gasteiger partial charge < -0.3 is 97.1 Å². The first kappa shape index (κ1) is 112. The summed E-state index contributed by atoms with van der Waals surface area (Å²) in [6.45, 7) is 19.7. The topological polar surface area (TPSA) is 614 Å². The predicted molar refractivity (Wildman–Crippen MR) is 500 cm³/mol. The zero-order valence-electron chi connectivity index (χ0n) is 79.7. The number of carboxylic acids is 2. The number of Topliss-reactive ketones (excluding diaryl/α,β-unsaturated/α-hetero) is 5. The summed E-state index contributed by atoms with van der Waals surface area (Å²) in [6.07, 6.45) is -15.1. The van der Waals surface area contributed by atoms with Crippen molar-refractivity contribution >= 4 is 140 Å². The van der Waals surface area contributed by atoms with Crippen LogP contribution in [-0.2, 0) is 105 Å². The summed E-state index contributed by atoms with van der Waals surface area (Å²) < 4.78 is 37.4. The Balaban J connectivity index is 1.02. The summed E-state index contributed by atoms with van der Waals surface area (Å²) in [6, 6.07) is 16.9. The molecule has 137 heavy (non-hydrogen) atoms. The molecular formula is C96H131N11O28S2. The maximum Gasteiger partial charge on any atom is 0.350 e. The van der Waals surface area contributed by atoms with Crippen LogP contribution in [0.4, 0.5) is 0 Å². The van der Waals surface area contributed by atoms with E-state index < -0.39 is 301 Å². The molecule has 2 saturated carbocycles. The quantitative estimate of drug-likeness (QED) is 0.00607. The first-order valence-electron chi connectivity index (χ1n) is 45.7. The number of ketones is 5. The molecule has 1 heterocycles. The fraction of sp³-hybridized carbons (Fsp3) is 0.583. The van der Waals surface area contributed by atoms with Gasteiger partial charge in [0, 0.05) is 120 Å². The second-order valence-corrected chi connectivity index (χ2v) is 39.6. The van der Waals surface area contributed by atoms with Crippen molar-refractivity contribution in [2.24, 2.45) is 58.0 Å². The molecule has 4 aliphatic rings. The molecule has 39 nitrogen and oxygen atoms in total. The van der Waals surface area contributed by atoms with E-state index in [1.165, 1.54) is 76.6 Å². The van der Waals surface area contributed by atoms with Crippen molar-refractivity contribution in [3.8, 4) is 0 Å². The van der Waals surface area contributed by atoms with E-state index in [0.29, 0.717) is 0 Å². The Labute approximate surface area is 803 Å². The second kappa shape index (κ2) is 51.0. The zero-order valence-corrected chi connectivity index (χ0v) is 81.3. The molecule has 7 rings (SSSR count). The number of nitrogens with two attached hydrogens (primary N) is 1. The Kier molecular flexibility index (Phi) is 41.8. The fourth-order valence-corrected chi connectivity index (χ4v) is 20.4. The van der Waals surface area contributed by atoms with Crippen molar-refractivity contribution in [3.05, 3.63) is 119 Å². The van der Waals surface area contributed by atoms with Gasteiger partial charge in [0.2, 0.25) is 35.6 Å². The number of hydrogen-bond acceptors (Lipinski definition) is 30. The molecule has 0 spiro atoms. The molecule has 1 unspecified atom stereocenters. The van der Waals surface area contributed by atoms with Gasteiger partial charge in [-0.25, -0.2) is 14.4 Å². The van der Waals surface area contributed by atoms with E-state index in [4.69, 9.17) is 45.0 Å². The van der Waals surface area contributed by atoms with Gasteiger partial charge in [0.05, 0.1) is 72.5 Å². The van der Waals surface area contributed by atoms with Crippen molar-refractivity contribution in [3.63, 3.8) is 0 Å². The van der Waals surface area contributed by atoms with Gasteiger partial charge in [-0.15, -0.1) is 0 Å². The summed E-state index contributed by atoms with van der Waals surface area (Å²) in [5, 5.41) is 82.1. The number of guanidine groups is 1. The first-order chi connectivity index (χ1) is 64.4. The number of benzene rings is 3. The van der Waals surface area contributed by atoms with E-state index in [1.807, 2.05) is 0 Å². The lowest BCUT2D eigenvalue weighted by Gasteiger charge is -2.67.